The predicted octanol–water partition coefficient (Wildman–Crippen LogP) is 18.1. The van der Waals surface area contributed by atoms with Crippen LogP contribution in [0.2, 0.25) is 0 Å². The zero-order valence-corrected chi connectivity index (χ0v) is 52.8. The molecule has 434 valence electrons. The van der Waals surface area contributed by atoms with E-state index in [1.165, 1.54) is 11.1 Å². The highest BCUT2D eigenvalue weighted by molar-refractivity contribution is 6.62. The first-order chi connectivity index (χ1) is 41.3. The van der Waals surface area contributed by atoms with Crippen LogP contribution in [0.15, 0.2) is 213 Å². The fraction of sp³-hybridized carbons (Fsp3) is 0.269. The molecule has 3 aromatic heterocycles. The van der Waals surface area contributed by atoms with Crippen molar-refractivity contribution in [3.63, 3.8) is 0 Å². The van der Waals surface area contributed by atoms with Crippen molar-refractivity contribution in [2.24, 2.45) is 5.41 Å². The van der Waals surface area contributed by atoms with Crippen LogP contribution in [-0.4, -0.2) is 51.6 Å². The third-order valence-electron chi connectivity index (χ3n) is 21.1. The Morgan fingerprint density at radius 3 is 0.885 bits per heavy atom. The first kappa shape index (κ1) is 58.0. The van der Waals surface area contributed by atoms with Crippen LogP contribution < -0.4 is 10.9 Å². The van der Waals surface area contributed by atoms with E-state index >= 15 is 0 Å². The number of hydrogen-bond donors (Lipinski definition) is 0. The molecular formula is C78H77B2N3O4. The third kappa shape index (κ3) is 10.0. The molecule has 0 unspecified atom stereocenters. The van der Waals surface area contributed by atoms with E-state index in [1.54, 1.807) is 0 Å². The molecular weight excluding hydrogens is 1060 g/mol. The summed E-state index contributed by atoms with van der Waals surface area (Å²) in [6, 6.07) is 69.8. The molecule has 2 fully saturated rings. The average molecular weight is 1140 g/mol. The van der Waals surface area contributed by atoms with E-state index in [1.807, 2.05) is 18.6 Å². The van der Waals surface area contributed by atoms with Gasteiger partial charge in [-0.3, -0.25) is 15.0 Å². The van der Waals surface area contributed by atoms with E-state index in [-0.39, 0.29) is 16.2 Å². The smallest absolute Gasteiger partial charge is 0.399 e. The van der Waals surface area contributed by atoms with Crippen molar-refractivity contribution < 1.29 is 18.6 Å². The third-order valence-corrected chi connectivity index (χ3v) is 21.1. The molecule has 5 heterocycles. The summed E-state index contributed by atoms with van der Waals surface area (Å²) >= 11 is 0. The maximum atomic E-state index is 6.44. The van der Waals surface area contributed by atoms with Crippen molar-refractivity contribution in [3.8, 4) is 101 Å². The summed E-state index contributed by atoms with van der Waals surface area (Å²) < 4.78 is 25.8. The normalized spacial score (nSPS) is 18.2. The molecule has 0 radical (unpaired) electrons. The topological polar surface area (TPSA) is 75.6 Å². The predicted molar refractivity (Wildman–Crippen MR) is 360 cm³/mol. The van der Waals surface area contributed by atoms with Crippen LogP contribution in [0.1, 0.15) is 108 Å². The van der Waals surface area contributed by atoms with E-state index in [4.69, 9.17) is 33.6 Å². The van der Waals surface area contributed by atoms with Gasteiger partial charge in [0.05, 0.1) is 39.5 Å². The van der Waals surface area contributed by atoms with Crippen LogP contribution in [-0.2, 0) is 29.4 Å². The van der Waals surface area contributed by atoms with E-state index in [0.29, 0.717) is 0 Å². The molecule has 0 spiro atoms. The standard InChI is InChI=1S/C78H77B2N3O4/c1-72(2)67-37-33-52(46-68(67)73(3,4)74(72,5)6)71-40-36-55(49-83-71)63-29-17-20-32-66(63)58-42-56(64-30-18-15-27-61(64)53-34-38-69(81-47-53)50-23-21-25-59(44-50)79-84-75(7,8)76(9,10)85-79)41-57(43-58)65-31-19-16-28-62(65)54-35-39-70(82-48-54)51-24-22-26-60(45-51)80-86-77(11,12)78(13,14)87-80/h15-49H,1-14H3. The quantitative estimate of drug-likeness (QED) is 0.119. The second kappa shape index (κ2) is 21.1. The molecule has 0 bridgehead atoms. The molecule has 7 nitrogen and oxygen atoms in total. The van der Waals surface area contributed by atoms with E-state index in [9.17, 15) is 0 Å². The van der Waals surface area contributed by atoms with E-state index < -0.39 is 36.6 Å². The van der Waals surface area contributed by atoms with Gasteiger partial charge in [-0.1, -0.05) is 193 Å². The highest BCUT2D eigenvalue weighted by Crippen LogP contribution is 2.62. The minimum Gasteiger partial charge on any atom is -0.399 e. The number of nitrogens with zero attached hydrogens (tertiary/aromatic N) is 3. The molecule has 0 saturated carbocycles. The fourth-order valence-electron chi connectivity index (χ4n) is 13.1. The van der Waals surface area contributed by atoms with E-state index in [2.05, 4.69) is 291 Å². The van der Waals surface area contributed by atoms with Gasteiger partial charge in [0.1, 0.15) is 0 Å². The summed E-state index contributed by atoms with van der Waals surface area (Å²) in [5.74, 6) is 0. The largest absolute Gasteiger partial charge is 0.494 e. The van der Waals surface area contributed by atoms with Gasteiger partial charge in [-0.15, -0.1) is 0 Å². The zero-order chi connectivity index (χ0) is 61.1. The number of hydrogen-bond acceptors (Lipinski definition) is 7. The second-order valence-electron chi connectivity index (χ2n) is 27.8. The first-order valence-electron chi connectivity index (χ1n) is 30.7. The number of aromatic nitrogens is 3. The zero-order valence-electron chi connectivity index (χ0n) is 52.8. The van der Waals surface area contributed by atoms with Crippen LogP contribution in [0.4, 0.5) is 0 Å². The lowest BCUT2D eigenvalue weighted by Crippen LogP contribution is -2.42. The van der Waals surface area contributed by atoms with Gasteiger partial charge in [0.25, 0.3) is 0 Å². The maximum Gasteiger partial charge on any atom is 0.494 e. The van der Waals surface area contributed by atoms with Crippen molar-refractivity contribution >= 4 is 25.2 Å². The van der Waals surface area contributed by atoms with Gasteiger partial charge in [0.2, 0.25) is 0 Å². The fourth-order valence-corrected chi connectivity index (χ4v) is 13.1. The van der Waals surface area contributed by atoms with Crippen molar-refractivity contribution in [2.75, 3.05) is 0 Å². The average Bonchev–Trinajstić information content (AvgIpc) is 1.56. The number of pyridine rings is 3. The van der Waals surface area contributed by atoms with Crippen molar-refractivity contribution in [1.82, 2.24) is 15.0 Å². The highest BCUT2D eigenvalue weighted by atomic mass is 16.7. The van der Waals surface area contributed by atoms with Crippen LogP contribution >= 0.6 is 0 Å². The molecule has 2 saturated heterocycles. The van der Waals surface area contributed by atoms with Gasteiger partial charge < -0.3 is 18.6 Å². The number of benzene rings is 7. The van der Waals surface area contributed by atoms with Crippen molar-refractivity contribution in [1.29, 1.82) is 0 Å². The van der Waals surface area contributed by atoms with Gasteiger partial charge in [-0.05, 0) is 197 Å². The minimum atomic E-state index is -0.465. The van der Waals surface area contributed by atoms with Gasteiger partial charge in [0.15, 0.2) is 0 Å². The number of fused-ring (bicyclic) bond motifs is 1. The maximum absolute atomic E-state index is 6.44. The van der Waals surface area contributed by atoms with Crippen molar-refractivity contribution in [3.05, 3.63) is 224 Å². The SMILES string of the molecule is CC1(C)OB(c2cccc(-c3ccc(-c4ccccc4-c4cc(-c5ccccc5-c5ccc(-c6cccc(B7OC(C)(C)C(C)(C)O7)c6)nc5)cc(-c5ccccc5-c5ccc(-c6ccc7c(c6)C(C)(C)C(C)(C)C7(C)C)nc5)c4)cn3)c2)OC1(C)C. The molecule has 1 aliphatic carbocycles. The van der Waals surface area contributed by atoms with Crippen LogP contribution in [0.3, 0.4) is 0 Å². The molecule has 7 aromatic carbocycles. The van der Waals surface area contributed by atoms with Gasteiger partial charge >= 0.3 is 14.2 Å². The lowest BCUT2D eigenvalue weighted by atomic mass is 9.59. The monoisotopic (exact) mass is 1140 g/mol. The Hall–Kier alpha value is -8.04. The Balaban J connectivity index is 0.881. The Kier molecular flexibility index (Phi) is 14.1. The molecule has 10 aromatic rings. The summed E-state index contributed by atoms with van der Waals surface area (Å²) in [5.41, 5.74) is 21.9. The lowest BCUT2D eigenvalue weighted by molar-refractivity contribution is 0.00578. The van der Waals surface area contributed by atoms with Gasteiger partial charge in [0, 0.05) is 40.8 Å². The van der Waals surface area contributed by atoms with E-state index in [0.717, 1.165) is 111 Å². The van der Waals surface area contributed by atoms with Crippen LogP contribution in [0.25, 0.3) is 101 Å². The summed E-state index contributed by atoms with van der Waals surface area (Å²) in [6.45, 7) is 31.1. The minimum absolute atomic E-state index is 0.00666. The second-order valence-corrected chi connectivity index (χ2v) is 27.8. The van der Waals surface area contributed by atoms with Crippen LogP contribution in [0, 0.1) is 5.41 Å². The molecule has 87 heavy (non-hydrogen) atoms. The molecule has 9 heteroatoms. The molecule has 0 amide bonds. The lowest BCUT2D eigenvalue weighted by Gasteiger charge is -2.44. The van der Waals surface area contributed by atoms with Gasteiger partial charge in [-0.2, -0.15) is 0 Å². The van der Waals surface area contributed by atoms with Crippen LogP contribution in [0.5, 0.6) is 0 Å². The van der Waals surface area contributed by atoms with Gasteiger partial charge in [-0.25, -0.2) is 0 Å². The Morgan fingerprint density at radius 2 is 0.563 bits per heavy atom. The summed E-state index contributed by atoms with van der Waals surface area (Å²) in [4.78, 5) is 15.4. The van der Waals surface area contributed by atoms with Crippen molar-refractivity contribution in [2.45, 2.75) is 130 Å². The Bertz CT molecular complexity index is 4060. The highest BCUT2D eigenvalue weighted by Gasteiger charge is 2.57. The molecule has 13 rings (SSSR count). The molecule has 3 aliphatic rings. The summed E-state index contributed by atoms with van der Waals surface area (Å²) in [7, 11) is -0.930. The molecule has 0 N–H and O–H groups in total. The molecule has 2 aliphatic heterocycles. The Morgan fingerprint density at radius 1 is 0.264 bits per heavy atom. The summed E-state index contributed by atoms with van der Waals surface area (Å²) in [5, 5.41) is 0. The Labute approximate surface area is 515 Å². The number of rotatable bonds is 11. The summed E-state index contributed by atoms with van der Waals surface area (Å²) in [6.07, 6.45) is 6.04. The molecule has 0 atom stereocenters. The first-order valence-corrected chi connectivity index (χ1v) is 30.7.